The maximum Gasteiger partial charge on any atom is 0.270 e. The van der Waals surface area contributed by atoms with E-state index >= 15 is 0 Å². The second-order valence-electron chi connectivity index (χ2n) is 4.45. The van der Waals surface area contributed by atoms with Crippen molar-refractivity contribution in [1.29, 1.82) is 5.26 Å². The Hall–Kier alpha value is -3.13. The summed E-state index contributed by atoms with van der Waals surface area (Å²) >= 11 is 0. The predicted octanol–water partition coefficient (Wildman–Crippen LogP) is 4.06. The molecule has 0 N–H and O–H groups in total. The fraction of sp³-hybridized carbons (Fsp3) is 0.118. The Labute approximate surface area is 128 Å². The zero-order valence-electron chi connectivity index (χ0n) is 12.0. The maximum atomic E-state index is 10.8. The van der Waals surface area contributed by atoms with Gasteiger partial charge >= 0.3 is 0 Å². The van der Waals surface area contributed by atoms with Gasteiger partial charge in [-0.25, -0.2) is 0 Å². The molecule has 0 atom stereocenters. The highest BCUT2D eigenvalue weighted by Gasteiger charge is 2.10. The first kappa shape index (κ1) is 15.3. The van der Waals surface area contributed by atoms with Crippen LogP contribution in [-0.2, 0) is 0 Å². The quantitative estimate of drug-likeness (QED) is 0.360. The van der Waals surface area contributed by atoms with Crippen LogP contribution in [0.15, 0.2) is 48.5 Å². The smallest absolute Gasteiger partial charge is 0.270 e. The molecule has 0 aliphatic heterocycles. The lowest BCUT2D eigenvalue weighted by molar-refractivity contribution is -0.384. The summed E-state index contributed by atoms with van der Waals surface area (Å²) in [5.74, 6) is 0.670. The molecule has 0 spiro atoms. The standard InChI is InChI=1S/C17H14N2O3/c1-2-22-17-9-4-3-6-14(17)10-15(12-18)13-7-5-8-16(11-13)19(20)21/h3-11H,2H2,1H3. The third kappa shape index (κ3) is 3.49. The van der Waals surface area contributed by atoms with Crippen LogP contribution in [0.2, 0.25) is 0 Å². The summed E-state index contributed by atoms with van der Waals surface area (Å²) in [4.78, 5) is 10.4. The molecule has 0 radical (unpaired) electrons. The van der Waals surface area contributed by atoms with Crippen molar-refractivity contribution in [2.45, 2.75) is 6.92 Å². The Morgan fingerprint density at radius 1 is 1.32 bits per heavy atom. The molecule has 0 fully saturated rings. The summed E-state index contributed by atoms with van der Waals surface area (Å²) in [5, 5.41) is 20.2. The molecular weight excluding hydrogens is 280 g/mol. The normalized spacial score (nSPS) is 10.8. The SMILES string of the molecule is CCOc1ccccc1C=C(C#N)c1cccc([N+](=O)[O-])c1. The van der Waals surface area contributed by atoms with Crippen molar-refractivity contribution in [2.75, 3.05) is 6.61 Å². The van der Waals surface area contributed by atoms with E-state index in [4.69, 9.17) is 4.74 Å². The molecule has 110 valence electrons. The van der Waals surface area contributed by atoms with E-state index in [0.717, 1.165) is 5.56 Å². The number of allylic oxidation sites excluding steroid dienone is 1. The molecule has 0 saturated carbocycles. The van der Waals surface area contributed by atoms with Gasteiger partial charge in [0.1, 0.15) is 5.75 Å². The number of hydrogen-bond acceptors (Lipinski definition) is 4. The molecule has 0 aliphatic rings. The van der Waals surface area contributed by atoms with Crippen molar-refractivity contribution < 1.29 is 9.66 Å². The van der Waals surface area contributed by atoms with E-state index in [1.54, 1.807) is 18.2 Å². The third-order valence-electron chi connectivity index (χ3n) is 3.01. The molecule has 0 aromatic heterocycles. The minimum Gasteiger partial charge on any atom is -0.493 e. The minimum atomic E-state index is -0.480. The first-order valence-corrected chi connectivity index (χ1v) is 6.74. The molecule has 5 nitrogen and oxygen atoms in total. The molecule has 0 heterocycles. The number of nitro groups is 1. The van der Waals surface area contributed by atoms with Crippen LogP contribution in [-0.4, -0.2) is 11.5 Å². The highest BCUT2D eigenvalue weighted by Crippen LogP contribution is 2.26. The van der Waals surface area contributed by atoms with E-state index in [1.165, 1.54) is 12.1 Å². The van der Waals surface area contributed by atoms with Crippen LogP contribution in [0.4, 0.5) is 5.69 Å². The van der Waals surface area contributed by atoms with Gasteiger partial charge < -0.3 is 4.74 Å². The molecule has 0 saturated heterocycles. The summed E-state index contributed by atoms with van der Waals surface area (Å²) in [6.45, 7) is 2.40. The summed E-state index contributed by atoms with van der Waals surface area (Å²) < 4.78 is 5.52. The Balaban J connectivity index is 2.47. The molecule has 2 rings (SSSR count). The molecular formula is C17H14N2O3. The lowest BCUT2D eigenvalue weighted by Crippen LogP contribution is -1.94. The zero-order chi connectivity index (χ0) is 15.9. The average molecular weight is 294 g/mol. The number of nitriles is 1. The summed E-state index contributed by atoms with van der Waals surface area (Å²) in [7, 11) is 0. The minimum absolute atomic E-state index is 0.0447. The third-order valence-corrected chi connectivity index (χ3v) is 3.01. The van der Waals surface area contributed by atoms with Gasteiger partial charge in [0, 0.05) is 17.7 Å². The van der Waals surface area contributed by atoms with Crippen LogP contribution in [0.5, 0.6) is 5.75 Å². The van der Waals surface area contributed by atoms with Crippen molar-refractivity contribution in [3.8, 4) is 11.8 Å². The summed E-state index contributed by atoms with van der Waals surface area (Å²) in [6.07, 6.45) is 1.67. The second kappa shape index (κ2) is 7.04. The molecule has 22 heavy (non-hydrogen) atoms. The number of nitro benzene ring substituents is 1. The molecule has 2 aromatic rings. The fourth-order valence-corrected chi connectivity index (χ4v) is 2.01. The largest absolute Gasteiger partial charge is 0.493 e. The second-order valence-corrected chi connectivity index (χ2v) is 4.45. The van der Waals surface area contributed by atoms with E-state index in [2.05, 4.69) is 6.07 Å². The topological polar surface area (TPSA) is 76.2 Å². The lowest BCUT2D eigenvalue weighted by Gasteiger charge is -2.07. The van der Waals surface area contributed by atoms with Gasteiger partial charge in [0.15, 0.2) is 0 Å². The van der Waals surface area contributed by atoms with Crippen LogP contribution in [0, 0.1) is 21.4 Å². The van der Waals surface area contributed by atoms with Crippen LogP contribution in [0.1, 0.15) is 18.1 Å². The van der Waals surface area contributed by atoms with Crippen molar-refractivity contribution in [2.24, 2.45) is 0 Å². The molecule has 0 amide bonds. The zero-order valence-corrected chi connectivity index (χ0v) is 12.0. The first-order chi connectivity index (χ1) is 10.7. The van der Waals surface area contributed by atoms with E-state index in [9.17, 15) is 15.4 Å². The van der Waals surface area contributed by atoms with Crippen molar-refractivity contribution in [1.82, 2.24) is 0 Å². The molecule has 0 unspecified atom stereocenters. The Bertz CT molecular complexity index is 760. The Morgan fingerprint density at radius 2 is 2.09 bits per heavy atom. The Morgan fingerprint density at radius 3 is 2.77 bits per heavy atom. The number of rotatable bonds is 5. The van der Waals surface area contributed by atoms with Crippen LogP contribution in [0.25, 0.3) is 11.6 Å². The van der Waals surface area contributed by atoms with E-state index in [1.807, 2.05) is 31.2 Å². The van der Waals surface area contributed by atoms with Gasteiger partial charge in [-0.1, -0.05) is 30.3 Å². The maximum absolute atomic E-state index is 10.8. The van der Waals surface area contributed by atoms with Gasteiger partial charge in [0.2, 0.25) is 0 Å². The Kier molecular flexibility index (Phi) is 4.89. The number of hydrogen-bond donors (Lipinski definition) is 0. The van der Waals surface area contributed by atoms with Gasteiger partial charge in [-0.2, -0.15) is 5.26 Å². The molecule has 0 aliphatic carbocycles. The van der Waals surface area contributed by atoms with Crippen molar-refractivity contribution in [3.05, 3.63) is 69.8 Å². The number of para-hydroxylation sites is 1. The average Bonchev–Trinajstić information content (AvgIpc) is 2.54. The molecule has 0 bridgehead atoms. The fourth-order valence-electron chi connectivity index (χ4n) is 2.01. The first-order valence-electron chi connectivity index (χ1n) is 6.74. The molecule has 5 heteroatoms. The highest BCUT2D eigenvalue weighted by atomic mass is 16.6. The highest BCUT2D eigenvalue weighted by molar-refractivity contribution is 5.91. The summed E-state index contributed by atoms with van der Waals surface area (Å²) in [6, 6.07) is 15.4. The van der Waals surface area contributed by atoms with E-state index < -0.39 is 4.92 Å². The van der Waals surface area contributed by atoms with Gasteiger partial charge in [0.25, 0.3) is 5.69 Å². The van der Waals surface area contributed by atoms with E-state index in [0.29, 0.717) is 23.5 Å². The number of benzene rings is 2. The van der Waals surface area contributed by atoms with Crippen LogP contribution in [0.3, 0.4) is 0 Å². The number of non-ortho nitro benzene ring substituents is 1. The number of ether oxygens (including phenoxy) is 1. The van der Waals surface area contributed by atoms with Gasteiger partial charge in [-0.15, -0.1) is 0 Å². The predicted molar refractivity (Wildman–Crippen MR) is 84.2 cm³/mol. The molecule has 2 aromatic carbocycles. The van der Waals surface area contributed by atoms with Crippen molar-refractivity contribution in [3.63, 3.8) is 0 Å². The van der Waals surface area contributed by atoms with Gasteiger partial charge in [-0.3, -0.25) is 10.1 Å². The monoisotopic (exact) mass is 294 g/mol. The van der Waals surface area contributed by atoms with Crippen molar-refractivity contribution >= 4 is 17.3 Å². The van der Waals surface area contributed by atoms with Crippen LogP contribution < -0.4 is 4.74 Å². The van der Waals surface area contributed by atoms with Gasteiger partial charge in [-0.05, 0) is 24.6 Å². The van der Waals surface area contributed by atoms with Crippen LogP contribution >= 0.6 is 0 Å². The van der Waals surface area contributed by atoms with Gasteiger partial charge in [0.05, 0.1) is 23.2 Å². The van der Waals surface area contributed by atoms with E-state index in [-0.39, 0.29) is 5.69 Å². The number of nitrogens with zero attached hydrogens (tertiary/aromatic N) is 2. The summed E-state index contributed by atoms with van der Waals surface area (Å²) in [5.41, 5.74) is 1.56. The lowest BCUT2D eigenvalue weighted by atomic mass is 10.0.